The lowest BCUT2D eigenvalue weighted by Gasteiger charge is -1.99. The number of alkyl halides is 2. The van der Waals surface area contributed by atoms with E-state index in [1.165, 1.54) is 17.5 Å². The summed E-state index contributed by atoms with van der Waals surface area (Å²) in [5.74, 6) is -2.42. The molecule has 4 nitrogen and oxygen atoms in total. The molecule has 1 aromatic heterocycles. The van der Waals surface area contributed by atoms with Crippen LogP contribution in [0, 0.1) is 0 Å². The van der Waals surface area contributed by atoms with Crippen molar-refractivity contribution in [3.05, 3.63) is 30.5 Å². The first-order chi connectivity index (χ1) is 8.63. The van der Waals surface area contributed by atoms with E-state index in [1.54, 1.807) is 24.3 Å². The fourth-order valence-corrected chi connectivity index (χ4v) is 2.13. The molecular formula is C10H8F2N4S2. The van der Waals surface area contributed by atoms with E-state index in [2.05, 4.69) is 15.2 Å². The van der Waals surface area contributed by atoms with E-state index in [0.29, 0.717) is 32.5 Å². The molecule has 1 aromatic carbocycles. The molecule has 0 bridgehead atoms. The summed E-state index contributed by atoms with van der Waals surface area (Å²) in [4.78, 5) is 4.32. The minimum atomic E-state index is -2.42. The van der Waals surface area contributed by atoms with Crippen LogP contribution in [0.3, 0.4) is 0 Å². The number of azo groups is 1. The van der Waals surface area contributed by atoms with Gasteiger partial charge in [-0.2, -0.15) is 8.78 Å². The van der Waals surface area contributed by atoms with Gasteiger partial charge in [-0.1, -0.05) is 23.1 Å². The lowest BCUT2D eigenvalue weighted by Crippen LogP contribution is -1.79. The summed E-state index contributed by atoms with van der Waals surface area (Å²) in [6, 6.07) is 6.40. The molecule has 2 aromatic rings. The molecule has 2 rings (SSSR count). The lowest BCUT2D eigenvalue weighted by molar-refractivity contribution is 0.252. The molecule has 0 spiro atoms. The molecule has 94 valence electrons. The summed E-state index contributed by atoms with van der Waals surface area (Å²) < 4.78 is 24.2. The highest BCUT2D eigenvalue weighted by molar-refractivity contribution is 7.99. The number of nitrogens with two attached hydrogens (primary N) is 1. The Kier molecular flexibility index (Phi) is 4.21. The van der Waals surface area contributed by atoms with Crippen LogP contribution in [0.2, 0.25) is 0 Å². The number of nitrogen functional groups attached to an aromatic ring is 1. The predicted octanol–water partition coefficient (Wildman–Crippen LogP) is 4.46. The van der Waals surface area contributed by atoms with Crippen LogP contribution >= 0.6 is 23.1 Å². The summed E-state index contributed by atoms with van der Waals surface area (Å²) in [7, 11) is 0. The van der Waals surface area contributed by atoms with Crippen molar-refractivity contribution in [3.8, 4) is 0 Å². The molecule has 0 aliphatic rings. The summed E-state index contributed by atoms with van der Waals surface area (Å²) in [6.45, 7) is 0. The molecule has 0 fully saturated rings. The Bertz CT molecular complexity index is 539. The number of nitrogens with zero attached hydrogens (tertiary/aromatic N) is 3. The number of aromatic nitrogens is 1. The van der Waals surface area contributed by atoms with Crippen LogP contribution < -0.4 is 5.73 Å². The van der Waals surface area contributed by atoms with Crippen LogP contribution in [0.4, 0.5) is 24.6 Å². The smallest absolute Gasteiger partial charge is 0.288 e. The maximum absolute atomic E-state index is 12.1. The Balaban J connectivity index is 2.04. The lowest BCUT2D eigenvalue weighted by atomic mass is 10.3. The third kappa shape index (κ3) is 3.74. The Hall–Kier alpha value is -1.54. The van der Waals surface area contributed by atoms with Gasteiger partial charge in [-0.05, 0) is 24.3 Å². The number of rotatable bonds is 4. The fraction of sp³-hybridized carbons (Fsp3) is 0.100. The van der Waals surface area contributed by atoms with Crippen LogP contribution in [0.25, 0.3) is 0 Å². The molecule has 0 radical (unpaired) electrons. The van der Waals surface area contributed by atoms with Gasteiger partial charge in [0.15, 0.2) is 10.1 Å². The molecule has 2 N–H and O–H groups in total. The maximum atomic E-state index is 12.1. The fourth-order valence-electron chi connectivity index (χ4n) is 1.13. The van der Waals surface area contributed by atoms with Crippen molar-refractivity contribution in [3.63, 3.8) is 0 Å². The van der Waals surface area contributed by atoms with Gasteiger partial charge in [-0.25, -0.2) is 4.98 Å². The standard InChI is InChI=1S/C10H8F2N4S2/c11-9(12)17-7-3-1-6(2-4-7)15-16-8-5-14-10(13)18-8/h1-5,9H,(H2,13,14). The average molecular weight is 286 g/mol. The van der Waals surface area contributed by atoms with Gasteiger partial charge in [0.25, 0.3) is 5.76 Å². The molecule has 0 aliphatic heterocycles. The van der Waals surface area contributed by atoms with Crippen molar-refractivity contribution < 1.29 is 8.78 Å². The first-order valence-electron chi connectivity index (χ1n) is 4.81. The molecule has 0 unspecified atom stereocenters. The third-order valence-electron chi connectivity index (χ3n) is 1.84. The normalized spacial score (nSPS) is 11.5. The van der Waals surface area contributed by atoms with Crippen molar-refractivity contribution in [1.82, 2.24) is 4.98 Å². The van der Waals surface area contributed by atoms with Crippen molar-refractivity contribution in [2.24, 2.45) is 10.2 Å². The molecule has 0 amide bonds. The number of halogens is 2. The molecular weight excluding hydrogens is 278 g/mol. The van der Waals surface area contributed by atoms with Crippen molar-refractivity contribution in [2.75, 3.05) is 5.73 Å². The highest BCUT2D eigenvalue weighted by Gasteiger charge is 2.04. The minimum Gasteiger partial charge on any atom is -0.375 e. The highest BCUT2D eigenvalue weighted by atomic mass is 32.2. The Morgan fingerprint density at radius 3 is 2.50 bits per heavy atom. The zero-order chi connectivity index (χ0) is 13.0. The maximum Gasteiger partial charge on any atom is 0.288 e. The third-order valence-corrected chi connectivity index (χ3v) is 3.27. The molecule has 0 atom stereocenters. The van der Waals surface area contributed by atoms with E-state index < -0.39 is 5.76 Å². The number of benzene rings is 1. The van der Waals surface area contributed by atoms with Gasteiger partial charge < -0.3 is 5.73 Å². The topological polar surface area (TPSA) is 63.6 Å². The summed E-state index contributed by atoms with van der Waals surface area (Å²) in [6.07, 6.45) is 1.52. The molecule has 8 heteroatoms. The quantitative estimate of drug-likeness (QED) is 0.667. The summed E-state index contributed by atoms with van der Waals surface area (Å²) >= 11 is 1.72. The second kappa shape index (κ2) is 5.87. The molecule has 18 heavy (non-hydrogen) atoms. The monoisotopic (exact) mass is 286 g/mol. The zero-order valence-corrected chi connectivity index (χ0v) is 10.6. The number of thiazole rings is 1. The predicted molar refractivity (Wildman–Crippen MR) is 69.0 cm³/mol. The largest absolute Gasteiger partial charge is 0.375 e. The number of anilines is 1. The van der Waals surface area contributed by atoms with E-state index in [1.807, 2.05) is 0 Å². The van der Waals surface area contributed by atoms with Crippen LogP contribution in [0.5, 0.6) is 0 Å². The first-order valence-corrected chi connectivity index (χ1v) is 6.51. The second-order valence-corrected chi connectivity index (χ2v) is 5.21. The van der Waals surface area contributed by atoms with Crippen molar-refractivity contribution >= 4 is 38.9 Å². The number of thioether (sulfide) groups is 1. The second-order valence-electron chi connectivity index (χ2n) is 3.11. The van der Waals surface area contributed by atoms with Crippen LogP contribution in [0.1, 0.15) is 0 Å². The Labute approximate surface area is 110 Å². The van der Waals surface area contributed by atoms with Crippen LogP contribution in [-0.4, -0.2) is 10.7 Å². The van der Waals surface area contributed by atoms with Gasteiger partial charge in [0.1, 0.15) is 0 Å². The summed E-state index contributed by atoms with van der Waals surface area (Å²) in [5.41, 5.74) is 6.03. The van der Waals surface area contributed by atoms with E-state index >= 15 is 0 Å². The Morgan fingerprint density at radius 1 is 1.22 bits per heavy atom. The molecule has 1 heterocycles. The molecule has 0 saturated carbocycles. The van der Waals surface area contributed by atoms with Gasteiger partial charge >= 0.3 is 0 Å². The highest BCUT2D eigenvalue weighted by Crippen LogP contribution is 2.29. The van der Waals surface area contributed by atoms with E-state index in [0.717, 1.165) is 0 Å². The van der Waals surface area contributed by atoms with Crippen LogP contribution in [-0.2, 0) is 0 Å². The van der Waals surface area contributed by atoms with Gasteiger partial charge in [-0.3, -0.25) is 0 Å². The zero-order valence-electron chi connectivity index (χ0n) is 8.96. The SMILES string of the molecule is Nc1ncc(N=Nc2ccc(SC(F)F)cc2)s1. The summed E-state index contributed by atoms with van der Waals surface area (Å²) in [5, 5.41) is 8.91. The average Bonchev–Trinajstić information content (AvgIpc) is 2.74. The van der Waals surface area contributed by atoms with Gasteiger partial charge in [0, 0.05) is 4.90 Å². The molecule has 0 saturated heterocycles. The van der Waals surface area contributed by atoms with Crippen molar-refractivity contribution in [1.29, 1.82) is 0 Å². The number of hydrogen-bond donors (Lipinski definition) is 1. The van der Waals surface area contributed by atoms with Gasteiger partial charge in [0.05, 0.1) is 11.9 Å². The molecule has 0 aliphatic carbocycles. The van der Waals surface area contributed by atoms with E-state index in [4.69, 9.17) is 5.73 Å². The van der Waals surface area contributed by atoms with E-state index in [9.17, 15) is 8.78 Å². The van der Waals surface area contributed by atoms with Crippen molar-refractivity contribution in [2.45, 2.75) is 10.7 Å². The number of hydrogen-bond acceptors (Lipinski definition) is 6. The van der Waals surface area contributed by atoms with E-state index in [-0.39, 0.29) is 0 Å². The minimum absolute atomic E-state index is 0.424. The van der Waals surface area contributed by atoms with Gasteiger partial charge in [0.2, 0.25) is 0 Å². The first kappa shape index (κ1) is 12.9. The Morgan fingerprint density at radius 2 is 1.94 bits per heavy atom. The van der Waals surface area contributed by atoms with Gasteiger partial charge in [-0.15, -0.1) is 10.2 Å². The van der Waals surface area contributed by atoms with Crippen LogP contribution in [0.15, 0.2) is 45.6 Å².